The molecular weight excluding hydrogens is 372 g/mol. The van der Waals surface area contributed by atoms with Crippen molar-refractivity contribution in [2.75, 3.05) is 32.1 Å². The quantitative estimate of drug-likeness (QED) is 0.582. The van der Waals surface area contributed by atoms with Crippen LogP contribution in [0.4, 0.5) is 0 Å². The summed E-state index contributed by atoms with van der Waals surface area (Å²) in [6, 6.07) is 20.0. The average molecular weight is 394 g/mol. The maximum Gasteiger partial charge on any atom is 0.256 e. The topological polar surface area (TPSA) is 55.6 Å². The summed E-state index contributed by atoms with van der Waals surface area (Å²) in [5, 5.41) is 0.590. The second-order valence-corrected chi connectivity index (χ2v) is 7.53. The molecule has 0 bridgehead atoms. The van der Waals surface area contributed by atoms with Crippen LogP contribution in [0.1, 0.15) is 6.42 Å². The van der Waals surface area contributed by atoms with E-state index < -0.39 is 0 Å². The van der Waals surface area contributed by atoms with Crippen LogP contribution >= 0.6 is 11.8 Å². The lowest BCUT2D eigenvalue weighted by molar-refractivity contribution is -0.134. The van der Waals surface area contributed by atoms with Crippen LogP contribution in [0.15, 0.2) is 70.3 Å². The molecule has 0 aliphatic carbocycles. The lowest BCUT2D eigenvalue weighted by atomic mass is 10.1. The Morgan fingerprint density at radius 2 is 1.61 bits per heavy atom. The summed E-state index contributed by atoms with van der Waals surface area (Å²) >= 11 is 1.48. The maximum atomic E-state index is 12.3. The van der Waals surface area contributed by atoms with Crippen molar-refractivity contribution in [3.8, 4) is 22.6 Å². The number of hydrogen-bond acceptors (Lipinski definition) is 5. The van der Waals surface area contributed by atoms with Crippen molar-refractivity contribution in [2.45, 2.75) is 11.6 Å². The van der Waals surface area contributed by atoms with Crippen molar-refractivity contribution in [2.24, 2.45) is 0 Å². The second-order valence-electron chi connectivity index (χ2n) is 6.48. The molecule has 0 saturated carbocycles. The highest BCUT2D eigenvalue weighted by atomic mass is 32.2. The molecule has 1 saturated heterocycles. The molecule has 6 heteroatoms. The maximum absolute atomic E-state index is 12.3. The molecule has 1 aliphatic rings. The minimum atomic E-state index is 0.161. The Kier molecular flexibility index (Phi) is 6.09. The number of ether oxygens (including phenoxy) is 1. The van der Waals surface area contributed by atoms with Crippen molar-refractivity contribution in [3.63, 3.8) is 0 Å². The minimum Gasteiger partial charge on any atom is -0.431 e. The van der Waals surface area contributed by atoms with Crippen molar-refractivity contribution >= 4 is 17.7 Å². The van der Waals surface area contributed by atoms with E-state index >= 15 is 0 Å². The van der Waals surface area contributed by atoms with E-state index in [1.54, 1.807) is 0 Å². The van der Waals surface area contributed by atoms with E-state index in [9.17, 15) is 4.79 Å². The monoisotopic (exact) mass is 394 g/mol. The van der Waals surface area contributed by atoms with Crippen molar-refractivity contribution < 1.29 is 13.9 Å². The lowest BCUT2D eigenvalue weighted by Gasteiger charge is -2.26. The number of morpholine rings is 1. The van der Waals surface area contributed by atoms with Gasteiger partial charge in [0.15, 0.2) is 5.76 Å². The molecule has 2 aromatic carbocycles. The molecule has 1 amide bonds. The van der Waals surface area contributed by atoms with Gasteiger partial charge in [0.1, 0.15) is 5.69 Å². The van der Waals surface area contributed by atoms with Crippen LogP contribution < -0.4 is 0 Å². The molecule has 0 spiro atoms. The van der Waals surface area contributed by atoms with Gasteiger partial charge in [-0.1, -0.05) is 72.4 Å². The highest BCUT2D eigenvalue weighted by molar-refractivity contribution is 7.99. The molecule has 2 heterocycles. The normalized spacial score (nSPS) is 14.2. The standard InChI is InChI=1S/C22H22N2O3S/c25-19(24-12-14-26-15-13-24)11-16-28-22-23-20(17-7-3-1-4-8-17)21(27-22)18-9-5-2-6-10-18/h1-10H,11-16H2. The van der Waals surface area contributed by atoms with E-state index in [1.165, 1.54) is 11.8 Å². The molecule has 0 N–H and O–H groups in total. The van der Waals surface area contributed by atoms with E-state index in [1.807, 2.05) is 65.6 Å². The fourth-order valence-electron chi connectivity index (χ4n) is 3.14. The molecule has 28 heavy (non-hydrogen) atoms. The van der Waals surface area contributed by atoms with Gasteiger partial charge in [0.25, 0.3) is 5.22 Å². The summed E-state index contributed by atoms with van der Waals surface area (Å²) in [7, 11) is 0. The van der Waals surface area contributed by atoms with Gasteiger partial charge in [-0.15, -0.1) is 0 Å². The highest BCUT2D eigenvalue weighted by Gasteiger charge is 2.19. The Bertz CT molecular complexity index is 849. The number of aromatic nitrogens is 1. The summed E-state index contributed by atoms with van der Waals surface area (Å²) in [5.74, 6) is 1.56. The first-order chi connectivity index (χ1) is 13.8. The third kappa shape index (κ3) is 4.46. The van der Waals surface area contributed by atoms with Gasteiger partial charge in [0.05, 0.1) is 13.2 Å². The first-order valence-electron chi connectivity index (χ1n) is 9.41. The molecule has 1 fully saturated rings. The van der Waals surface area contributed by atoms with Crippen molar-refractivity contribution in [1.29, 1.82) is 0 Å². The zero-order valence-electron chi connectivity index (χ0n) is 15.5. The van der Waals surface area contributed by atoms with E-state index in [0.717, 1.165) is 22.6 Å². The van der Waals surface area contributed by atoms with Gasteiger partial charge in [0.2, 0.25) is 5.91 Å². The zero-order valence-corrected chi connectivity index (χ0v) is 16.4. The summed E-state index contributed by atoms with van der Waals surface area (Å²) < 4.78 is 11.4. The largest absolute Gasteiger partial charge is 0.431 e. The number of carbonyl (C=O) groups excluding carboxylic acids is 1. The summed E-state index contributed by atoms with van der Waals surface area (Å²) in [6.45, 7) is 2.61. The number of hydrogen-bond donors (Lipinski definition) is 0. The number of amides is 1. The van der Waals surface area contributed by atoms with Gasteiger partial charge in [0, 0.05) is 36.4 Å². The Labute approximate surface area is 168 Å². The Morgan fingerprint density at radius 3 is 2.29 bits per heavy atom. The van der Waals surface area contributed by atoms with Crippen LogP contribution in [0, 0.1) is 0 Å². The van der Waals surface area contributed by atoms with Gasteiger partial charge in [-0.2, -0.15) is 0 Å². The van der Waals surface area contributed by atoms with Gasteiger partial charge in [-0.05, 0) is 0 Å². The predicted octanol–water partition coefficient (Wildman–Crippen LogP) is 4.35. The molecule has 4 rings (SSSR count). The first kappa shape index (κ1) is 18.8. The van der Waals surface area contributed by atoms with Gasteiger partial charge < -0.3 is 14.1 Å². The van der Waals surface area contributed by atoms with Crippen LogP contribution in [-0.4, -0.2) is 47.8 Å². The molecule has 5 nitrogen and oxygen atoms in total. The molecule has 3 aromatic rings. The van der Waals surface area contributed by atoms with Crippen molar-refractivity contribution in [3.05, 3.63) is 60.7 Å². The molecule has 1 aromatic heterocycles. The van der Waals surface area contributed by atoms with Crippen LogP contribution in [0.25, 0.3) is 22.6 Å². The molecule has 0 radical (unpaired) electrons. The number of nitrogens with zero attached hydrogens (tertiary/aromatic N) is 2. The van der Waals surface area contributed by atoms with E-state index in [2.05, 4.69) is 0 Å². The second kappa shape index (κ2) is 9.08. The molecule has 0 atom stereocenters. The smallest absolute Gasteiger partial charge is 0.256 e. The van der Waals surface area contributed by atoms with E-state index in [-0.39, 0.29) is 5.91 Å². The number of rotatable bonds is 6. The Hall–Kier alpha value is -2.57. The zero-order chi connectivity index (χ0) is 19.2. The predicted molar refractivity (Wildman–Crippen MR) is 110 cm³/mol. The molecule has 1 aliphatic heterocycles. The highest BCUT2D eigenvalue weighted by Crippen LogP contribution is 2.35. The molecule has 0 unspecified atom stereocenters. The van der Waals surface area contributed by atoms with Crippen LogP contribution in [-0.2, 0) is 9.53 Å². The van der Waals surface area contributed by atoms with Crippen LogP contribution in [0.3, 0.4) is 0 Å². The third-order valence-corrected chi connectivity index (χ3v) is 5.43. The minimum absolute atomic E-state index is 0.161. The Morgan fingerprint density at radius 1 is 0.964 bits per heavy atom. The van der Waals surface area contributed by atoms with Gasteiger partial charge in [-0.3, -0.25) is 4.79 Å². The average Bonchev–Trinajstić information content (AvgIpc) is 3.20. The molecule has 144 valence electrons. The number of benzene rings is 2. The van der Waals surface area contributed by atoms with Crippen LogP contribution in [0.5, 0.6) is 0 Å². The fraction of sp³-hybridized carbons (Fsp3) is 0.273. The number of oxazole rings is 1. The van der Waals surface area contributed by atoms with Gasteiger partial charge >= 0.3 is 0 Å². The first-order valence-corrected chi connectivity index (χ1v) is 10.4. The van der Waals surface area contributed by atoms with E-state index in [0.29, 0.717) is 43.7 Å². The SMILES string of the molecule is O=C(CCSc1nc(-c2ccccc2)c(-c2ccccc2)o1)N1CCOCC1. The van der Waals surface area contributed by atoms with Crippen molar-refractivity contribution in [1.82, 2.24) is 9.88 Å². The number of thioether (sulfide) groups is 1. The lowest BCUT2D eigenvalue weighted by Crippen LogP contribution is -2.40. The summed E-state index contributed by atoms with van der Waals surface area (Å²) in [4.78, 5) is 18.9. The fourth-order valence-corrected chi connectivity index (χ4v) is 3.89. The Balaban J connectivity index is 1.48. The van der Waals surface area contributed by atoms with Crippen LogP contribution in [0.2, 0.25) is 0 Å². The van der Waals surface area contributed by atoms with E-state index in [4.69, 9.17) is 14.1 Å². The number of carbonyl (C=O) groups is 1. The summed E-state index contributed by atoms with van der Waals surface area (Å²) in [6.07, 6.45) is 0.467. The van der Waals surface area contributed by atoms with Gasteiger partial charge in [-0.25, -0.2) is 4.98 Å². The summed E-state index contributed by atoms with van der Waals surface area (Å²) in [5.41, 5.74) is 2.83. The third-order valence-electron chi connectivity index (χ3n) is 4.60. The molecular formula is C22H22N2O3S.